The molecule has 1 fully saturated rings. The predicted molar refractivity (Wildman–Crippen MR) is 110 cm³/mol. The van der Waals surface area contributed by atoms with Gasteiger partial charge in [-0.05, 0) is 58.1 Å². The summed E-state index contributed by atoms with van der Waals surface area (Å²) in [4.78, 5) is 16.7. The van der Waals surface area contributed by atoms with E-state index in [2.05, 4.69) is 44.7 Å². The number of aryl methyl sites for hydroxylation is 1. The van der Waals surface area contributed by atoms with Crippen LogP contribution in [0.3, 0.4) is 0 Å². The Kier molecular flexibility index (Phi) is 5.19. The fourth-order valence-electron chi connectivity index (χ4n) is 3.43. The summed E-state index contributed by atoms with van der Waals surface area (Å²) in [6.45, 7) is 3.43. The van der Waals surface area contributed by atoms with Crippen LogP contribution in [0.1, 0.15) is 17.8 Å². The Morgan fingerprint density at radius 1 is 1.14 bits per heavy atom. The van der Waals surface area contributed by atoms with Crippen molar-refractivity contribution in [1.29, 1.82) is 0 Å². The first-order chi connectivity index (χ1) is 13.5. The van der Waals surface area contributed by atoms with Crippen molar-refractivity contribution < 1.29 is 4.79 Å². The number of anilines is 1. The number of aromatic nitrogens is 4. The van der Waals surface area contributed by atoms with E-state index in [1.165, 1.54) is 0 Å². The lowest BCUT2D eigenvalue weighted by atomic mass is 10.0. The summed E-state index contributed by atoms with van der Waals surface area (Å²) in [7, 11) is 4.17. The van der Waals surface area contributed by atoms with Crippen molar-refractivity contribution in [3.8, 4) is 10.6 Å². The van der Waals surface area contributed by atoms with Crippen molar-refractivity contribution in [3.63, 3.8) is 0 Å². The van der Waals surface area contributed by atoms with Gasteiger partial charge < -0.3 is 9.80 Å². The van der Waals surface area contributed by atoms with Crippen molar-refractivity contribution in [2.45, 2.75) is 25.8 Å². The van der Waals surface area contributed by atoms with E-state index in [-0.39, 0.29) is 6.03 Å². The number of nitrogens with one attached hydrogen (secondary N) is 1. The number of nitrogens with zero attached hydrogens (tertiary/aromatic N) is 6. The number of hydrogen-bond acceptors (Lipinski definition) is 7. The number of amides is 2. The molecule has 0 aliphatic carbocycles. The van der Waals surface area contributed by atoms with Crippen molar-refractivity contribution in [2.75, 3.05) is 32.5 Å². The minimum absolute atomic E-state index is 0.123. The Hall–Kier alpha value is -2.65. The third-order valence-electron chi connectivity index (χ3n) is 5.08. The first-order valence-corrected chi connectivity index (χ1v) is 10.1. The van der Waals surface area contributed by atoms with Crippen LogP contribution in [0.15, 0.2) is 24.3 Å². The third kappa shape index (κ3) is 3.95. The average Bonchev–Trinajstić information content (AvgIpc) is 3.14. The smallest absolute Gasteiger partial charge is 0.323 e. The summed E-state index contributed by atoms with van der Waals surface area (Å²) in [5, 5.41) is 22.2. The van der Waals surface area contributed by atoms with E-state index in [1.54, 1.807) is 11.3 Å². The molecule has 0 spiro atoms. The molecule has 146 valence electrons. The number of carbonyl (C=O) groups is 1. The van der Waals surface area contributed by atoms with E-state index in [0.29, 0.717) is 11.9 Å². The SMILES string of the molecule is Cc1nnc(-c2ccc3nnc(NC(=O)N4CCC(N(C)C)CC4)cc3c2)s1. The molecule has 2 amide bonds. The second kappa shape index (κ2) is 7.76. The van der Waals surface area contributed by atoms with Crippen LogP contribution in [0.5, 0.6) is 0 Å². The highest BCUT2D eigenvalue weighted by atomic mass is 32.1. The van der Waals surface area contributed by atoms with Gasteiger partial charge in [0.05, 0.1) is 5.52 Å². The molecule has 1 saturated heterocycles. The molecule has 1 aliphatic rings. The first kappa shape index (κ1) is 18.7. The molecule has 1 aliphatic heterocycles. The van der Waals surface area contributed by atoms with E-state index in [9.17, 15) is 4.79 Å². The highest BCUT2D eigenvalue weighted by Gasteiger charge is 2.24. The second-order valence-electron chi connectivity index (χ2n) is 7.24. The zero-order valence-corrected chi connectivity index (χ0v) is 17.0. The molecule has 0 saturated carbocycles. The quantitative estimate of drug-likeness (QED) is 0.731. The number of benzene rings is 1. The molecule has 28 heavy (non-hydrogen) atoms. The number of fused-ring (bicyclic) bond motifs is 1. The summed E-state index contributed by atoms with van der Waals surface area (Å²) in [5.74, 6) is 0.456. The zero-order valence-electron chi connectivity index (χ0n) is 16.2. The summed E-state index contributed by atoms with van der Waals surface area (Å²) in [6.07, 6.45) is 1.96. The van der Waals surface area contributed by atoms with Crippen LogP contribution in [-0.2, 0) is 0 Å². The first-order valence-electron chi connectivity index (χ1n) is 9.30. The van der Waals surface area contributed by atoms with Gasteiger partial charge in [0, 0.05) is 30.1 Å². The number of piperidine rings is 1. The molecule has 4 rings (SSSR count). The van der Waals surface area contributed by atoms with E-state index in [0.717, 1.165) is 52.4 Å². The van der Waals surface area contributed by atoms with Gasteiger partial charge in [0.15, 0.2) is 5.82 Å². The minimum atomic E-state index is -0.123. The highest BCUT2D eigenvalue weighted by Crippen LogP contribution is 2.27. The maximum atomic E-state index is 12.6. The highest BCUT2D eigenvalue weighted by molar-refractivity contribution is 7.14. The molecular weight excluding hydrogens is 374 g/mol. The number of carbonyl (C=O) groups excluding carboxylic acids is 1. The lowest BCUT2D eigenvalue weighted by Gasteiger charge is -2.35. The van der Waals surface area contributed by atoms with Gasteiger partial charge in [0.25, 0.3) is 0 Å². The van der Waals surface area contributed by atoms with Crippen molar-refractivity contribution in [1.82, 2.24) is 30.2 Å². The molecule has 3 aromatic rings. The molecule has 1 aromatic carbocycles. The van der Waals surface area contributed by atoms with Crippen LogP contribution in [-0.4, -0.2) is 69.5 Å². The van der Waals surface area contributed by atoms with Crippen LogP contribution in [0.2, 0.25) is 0 Å². The number of likely N-dealkylation sites (tertiary alicyclic amines) is 1. The lowest BCUT2D eigenvalue weighted by Crippen LogP contribution is -2.46. The second-order valence-corrected chi connectivity index (χ2v) is 8.42. The Bertz CT molecular complexity index is 995. The van der Waals surface area contributed by atoms with E-state index >= 15 is 0 Å². The fraction of sp³-hybridized carbons (Fsp3) is 0.421. The summed E-state index contributed by atoms with van der Waals surface area (Å²) in [5.41, 5.74) is 1.75. The molecule has 0 unspecified atom stereocenters. The average molecular weight is 398 g/mol. The molecule has 0 radical (unpaired) electrons. The van der Waals surface area contributed by atoms with Crippen LogP contribution >= 0.6 is 11.3 Å². The standard InChI is InChI=1S/C19H23N7OS/c1-12-21-24-18(28-12)13-4-5-16-14(10-13)11-17(23-22-16)20-19(27)26-8-6-15(7-9-26)25(2)3/h4-5,10-11,15H,6-9H2,1-3H3,(H,20,23,27). The van der Waals surface area contributed by atoms with Crippen molar-refractivity contribution >= 4 is 34.1 Å². The Morgan fingerprint density at radius 3 is 2.61 bits per heavy atom. The summed E-state index contributed by atoms with van der Waals surface area (Å²) < 4.78 is 0. The molecule has 0 bridgehead atoms. The molecular formula is C19H23N7OS. The van der Waals surface area contributed by atoms with E-state index in [4.69, 9.17) is 0 Å². The summed E-state index contributed by atoms with van der Waals surface area (Å²) >= 11 is 1.55. The third-order valence-corrected chi connectivity index (χ3v) is 5.96. The lowest BCUT2D eigenvalue weighted by molar-refractivity contribution is 0.156. The summed E-state index contributed by atoms with van der Waals surface area (Å²) in [6, 6.07) is 8.14. The molecule has 1 N–H and O–H groups in total. The van der Waals surface area contributed by atoms with Gasteiger partial charge in [-0.2, -0.15) is 0 Å². The molecule has 2 aromatic heterocycles. The normalized spacial score (nSPS) is 15.4. The number of hydrogen-bond donors (Lipinski definition) is 1. The number of urea groups is 1. The van der Waals surface area contributed by atoms with Crippen LogP contribution in [0.4, 0.5) is 10.6 Å². The van der Waals surface area contributed by atoms with Crippen LogP contribution < -0.4 is 5.32 Å². The molecule has 0 atom stereocenters. The fourth-order valence-corrected chi connectivity index (χ4v) is 4.11. The van der Waals surface area contributed by atoms with E-state index < -0.39 is 0 Å². The monoisotopic (exact) mass is 397 g/mol. The Balaban J connectivity index is 1.49. The largest absolute Gasteiger partial charge is 0.324 e. The topological polar surface area (TPSA) is 87.1 Å². The van der Waals surface area contributed by atoms with Crippen LogP contribution in [0, 0.1) is 6.92 Å². The maximum absolute atomic E-state index is 12.6. The zero-order chi connectivity index (χ0) is 19.7. The van der Waals surface area contributed by atoms with Gasteiger partial charge in [-0.15, -0.1) is 20.4 Å². The van der Waals surface area contributed by atoms with Gasteiger partial charge in [0.2, 0.25) is 0 Å². The van der Waals surface area contributed by atoms with Gasteiger partial charge in [-0.1, -0.05) is 11.3 Å². The van der Waals surface area contributed by atoms with Crippen molar-refractivity contribution in [3.05, 3.63) is 29.3 Å². The van der Waals surface area contributed by atoms with Gasteiger partial charge in [-0.25, -0.2) is 4.79 Å². The minimum Gasteiger partial charge on any atom is -0.324 e. The van der Waals surface area contributed by atoms with E-state index in [1.807, 2.05) is 36.1 Å². The van der Waals surface area contributed by atoms with Crippen molar-refractivity contribution in [2.24, 2.45) is 0 Å². The molecule has 3 heterocycles. The maximum Gasteiger partial charge on any atom is 0.323 e. The van der Waals surface area contributed by atoms with Gasteiger partial charge >= 0.3 is 6.03 Å². The molecule has 9 heteroatoms. The Labute approximate surface area is 167 Å². The van der Waals surface area contributed by atoms with Crippen LogP contribution in [0.25, 0.3) is 21.5 Å². The number of rotatable bonds is 3. The van der Waals surface area contributed by atoms with Gasteiger partial charge in [-0.3, -0.25) is 5.32 Å². The Morgan fingerprint density at radius 2 is 1.93 bits per heavy atom. The van der Waals surface area contributed by atoms with Gasteiger partial charge in [0.1, 0.15) is 10.0 Å². The predicted octanol–water partition coefficient (Wildman–Crippen LogP) is 3.01. The molecule has 8 nitrogen and oxygen atoms in total.